The lowest BCUT2D eigenvalue weighted by Gasteiger charge is -2.08. The molecule has 7 heteroatoms. The number of fused-ring (bicyclic) bond motifs is 1. The average Bonchev–Trinajstić information content (AvgIpc) is 3.07. The summed E-state index contributed by atoms with van der Waals surface area (Å²) in [4.78, 5) is 12.4. The largest absolute Gasteiger partial charge is 0.382 e. The van der Waals surface area contributed by atoms with E-state index in [0.29, 0.717) is 23.9 Å². The van der Waals surface area contributed by atoms with Crippen molar-refractivity contribution >= 4 is 17.0 Å². The van der Waals surface area contributed by atoms with E-state index in [-0.39, 0.29) is 0 Å². The fourth-order valence-corrected chi connectivity index (χ4v) is 2.08. The molecule has 0 spiro atoms. The van der Waals surface area contributed by atoms with Crippen molar-refractivity contribution in [3.63, 3.8) is 0 Å². The molecule has 0 aliphatic carbocycles. The zero-order valence-corrected chi connectivity index (χ0v) is 11.6. The molecule has 1 unspecified atom stereocenters. The van der Waals surface area contributed by atoms with Crippen LogP contribution in [0.1, 0.15) is 32.0 Å². The first-order valence-electron chi connectivity index (χ1n) is 6.64. The number of nitrogens with zero attached hydrogens (tertiary/aromatic N) is 6. The van der Waals surface area contributed by atoms with E-state index in [1.165, 1.54) is 6.33 Å². The monoisotopic (exact) mass is 271 g/mol. The Hall–Kier alpha value is -2.44. The smallest absolute Gasteiger partial charge is 0.165 e. The van der Waals surface area contributed by atoms with Crippen molar-refractivity contribution in [2.24, 2.45) is 0 Å². The third kappa shape index (κ3) is 2.11. The lowest BCUT2D eigenvalue weighted by molar-refractivity contribution is 0.472. The molecule has 20 heavy (non-hydrogen) atoms. The highest BCUT2D eigenvalue weighted by Crippen LogP contribution is 2.16. The van der Waals surface area contributed by atoms with Crippen LogP contribution in [0.3, 0.4) is 0 Å². The van der Waals surface area contributed by atoms with Gasteiger partial charge in [0.05, 0.1) is 18.6 Å². The highest BCUT2D eigenvalue weighted by atomic mass is 15.3. The summed E-state index contributed by atoms with van der Waals surface area (Å²) in [6, 6.07) is 2.42. The predicted octanol–water partition coefficient (Wildman–Crippen LogP) is 1.62. The molecule has 3 heterocycles. The van der Waals surface area contributed by atoms with Gasteiger partial charge in [-0.2, -0.15) is 5.10 Å². The second-order valence-electron chi connectivity index (χ2n) is 4.85. The fraction of sp³-hybridized carbons (Fsp3) is 0.385. The van der Waals surface area contributed by atoms with Crippen LogP contribution >= 0.6 is 0 Å². The third-order valence-electron chi connectivity index (χ3n) is 3.47. The van der Waals surface area contributed by atoms with Crippen LogP contribution in [0.15, 0.2) is 24.9 Å². The van der Waals surface area contributed by atoms with Crippen LogP contribution in [0.5, 0.6) is 0 Å². The molecule has 0 radical (unpaired) electrons. The molecule has 3 aromatic heterocycles. The minimum atomic E-state index is 0.402. The van der Waals surface area contributed by atoms with Gasteiger partial charge < -0.3 is 10.3 Å². The van der Waals surface area contributed by atoms with Crippen LogP contribution in [-0.4, -0.2) is 29.3 Å². The molecule has 104 valence electrons. The van der Waals surface area contributed by atoms with Gasteiger partial charge in [0.25, 0.3) is 0 Å². The van der Waals surface area contributed by atoms with Gasteiger partial charge in [0.2, 0.25) is 0 Å². The number of aromatic nitrogens is 6. The van der Waals surface area contributed by atoms with Crippen LogP contribution in [0.4, 0.5) is 5.82 Å². The highest BCUT2D eigenvalue weighted by Gasteiger charge is 2.10. The molecule has 3 aromatic rings. The summed E-state index contributed by atoms with van der Waals surface area (Å²) in [6.07, 6.45) is 6.23. The van der Waals surface area contributed by atoms with E-state index in [2.05, 4.69) is 33.9 Å². The first-order valence-corrected chi connectivity index (χ1v) is 6.64. The van der Waals surface area contributed by atoms with E-state index in [0.717, 1.165) is 17.8 Å². The second kappa shape index (κ2) is 4.92. The molecule has 0 aliphatic heterocycles. The van der Waals surface area contributed by atoms with Crippen molar-refractivity contribution in [1.29, 1.82) is 0 Å². The second-order valence-corrected chi connectivity index (χ2v) is 4.85. The molecular formula is C13H17N7. The molecule has 0 aromatic carbocycles. The Morgan fingerprint density at radius 2 is 2.15 bits per heavy atom. The lowest BCUT2D eigenvalue weighted by atomic mass is 10.3. The lowest BCUT2D eigenvalue weighted by Crippen LogP contribution is -2.06. The maximum atomic E-state index is 5.78. The van der Waals surface area contributed by atoms with Gasteiger partial charge in [-0.15, -0.1) is 0 Å². The summed E-state index contributed by atoms with van der Waals surface area (Å²) >= 11 is 0. The number of hydrogen-bond acceptors (Lipinski definition) is 5. The van der Waals surface area contributed by atoms with E-state index in [1.807, 2.05) is 21.5 Å². The number of nitrogens with two attached hydrogens (primary N) is 1. The van der Waals surface area contributed by atoms with Crippen molar-refractivity contribution < 1.29 is 0 Å². The molecule has 0 aliphatic rings. The van der Waals surface area contributed by atoms with E-state index < -0.39 is 0 Å². The van der Waals surface area contributed by atoms with Crippen molar-refractivity contribution in [3.8, 4) is 0 Å². The Kier molecular flexibility index (Phi) is 3.09. The average molecular weight is 271 g/mol. The van der Waals surface area contributed by atoms with Gasteiger partial charge in [0, 0.05) is 12.2 Å². The molecule has 0 saturated heterocycles. The van der Waals surface area contributed by atoms with Gasteiger partial charge >= 0.3 is 0 Å². The van der Waals surface area contributed by atoms with Gasteiger partial charge in [-0.25, -0.2) is 15.0 Å². The summed E-state index contributed by atoms with van der Waals surface area (Å²) in [6.45, 7) is 4.92. The maximum Gasteiger partial charge on any atom is 0.165 e. The first kappa shape index (κ1) is 12.6. The van der Waals surface area contributed by atoms with Crippen molar-refractivity contribution in [3.05, 3.63) is 30.6 Å². The van der Waals surface area contributed by atoms with E-state index in [4.69, 9.17) is 5.73 Å². The molecular weight excluding hydrogens is 254 g/mol. The van der Waals surface area contributed by atoms with E-state index >= 15 is 0 Å². The van der Waals surface area contributed by atoms with Gasteiger partial charge in [-0.3, -0.25) is 4.68 Å². The van der Waals surface area contributed by atoms with E-state index in [9.17, 15) is 0 Å². The highest BCUT2D eigenvalue weighted by molar-refractivity contribution is 5.81. The van der Waals surface area contributed by atoms with E-state index in [1.54, 1.807) is 6.33 Å². The SMILES string of the molecule is CCC(C)n1ccc(Cn2cnc3c(N)ncnc32)n1. The molecule has 7 nitrogen and oxygen atoms in total. The first-order chi connectivity index (χ1) is 9.69. The number of imidazole rings is 1. The van der Waals surface area contributed by atoms with Gasteiger partial charge in [-0.1, -0.05) is 6.92 Å². The summed E-state index contributed by atoms with van der Waals surface area (Å²) < 4.78 is 3.91. The summed E-state index contributed by atoms with van der Waals surface area (Å²) in [5, 5.41) is 4.58. The standard InChI is InChI=1S/C13H17N7/c1-3-9(2)20-5-4-10(18-20)6-19-8-17-11-12(14)15-7-16-13(11)19/h4-5,7-9H,3,6H2,1-2H3,(H2,14,15,16). The quantitative estimate of drug-likeness (QED) is 0.779. The summed E-state index contributed by atoms with van der Waals surface area (Å²) in [5.41, 5.74) is 8.12. The Balaban J connectivity index is 1.90. The zero-order valence-electron chi connectivity index (χ0n) is 11.6. The Morgan fingerprint density at radius 1 is 1.30 bits per heavy atom. The van der Waals surface area contributed by atoms with Gasteiger partial charge in [-0.05, 0) is 19.4 Å². The Morgan fingerprint density at radius 3 is 2.95 bits per heavy atom. The Bertz CT molecular complexity index is 727. The van der Waals surface area contributed by atoms with Crippen molar-refractivity contribution in [1.82, 2.24) is 29.3 Å². The zero-order chi connectivity index (χ0) is 14.1. The maximum absolute atomic E-state index is 5.78. The predicted molar refractivity (Wildman–Crippen MR) is 76.1 cm³/mol. The van der Waals surface area contributed by atoms with Crippen molar-refractivity contribution in [2.45, 2.75) is 32.9 Å². The van der Waals surface area contributed by atoms with Gasteiger partial charge in [0.1, 0.15) is 11.8 Å². The summed E-state index contributed by atoms with van der Waals surface area (Å²) in [5.74, 6) is 0.402. The fourth-order valence-electron chi connectivity index (χ4n) is 2.08. The topological polar surface area (TPSA) is 87.4 Å². The molecule has 0 amide bonds. The molecule has 2 N–H and O–H groups in total. The number of hydrogen-bond donors (Lipinski definition) is 1. The molecule has 1 atom stereocenters. The minimum absolute atomic E-state index is 0.402. The minimum Gasteiger partial charge on any atom is -0.382 e. The van der Waals surface area contributed by atoms with Crippen LogP contribution in [0.25, 0.3) is 11.2 Å². The summed E-state index contributed by atoms with van der Waals surface area (Å²) in [7, 11) is 0. The van der Waals surface area contributed by atoms with Gasteiger partial charge in [0.15, 0.2) is 11.5 Å². The number of anilines is 1. The number of nitrogen functional groups attached to an aromatic ring is 1. The molecule has 0 saturated carbocycles. The van der Waals surface area contributed by atoms with Crippen LogP contribution in [0, 0.1) is 0 Å². The third-order valence-corrected chi connectivity index (χ3v) is 3.47. The van der Waals surface area contributed by atoms with Crippen LogP contribution in [0.2, 0.25) is 0 Å². The Labute approximate surface area is 116 Å². The molecule has 0 fully saturated rings. The normalized spacial score (nSPS) is 12.9. The van der Waals surface area contributed by atoms with Crippen LogP contribution in [-0.2, 0) is 6.54 Å². The molecule has 3 rings (SSSR count). The van der Waals surface area contributed by atoms with Crippen LogP contribution < -0.4 is 5.73 Å². The number of rotatable bonds is 4. The van der Waals surface area contributed by atoms with Crippen molar-refractivity contribution in [2.75, 3.05) is 5.73 Å². The molecule has 0 bridgehead atoms.